The van der Waals surface area contributed by atoms with Crippen molar-refractivity contribution < 1.29 is 23.7 Å². The molecule has 0 saturated heterocycles. The fourth-order valence-corrected chi connectivity index (χ4v) is 3.71. The molecule has 0 fully saturated rings. The molecule has 0 aromatic heterocycles. The number of anilines is 1. The number of methoxy groups -OCH3 is 3. The summed E-state index contributed by atoms with van der Waals surface area (Å²) in [7, 11) is 4.76. The number of ether oxygens (including phenoxy) is 4. The van der Waals surface area contributed by atoms with Gasteiger partial charge in [0.25, 0.3) is 5.91 Å². The first-order valence-corrected chi connectivity index (χ1v) is 10.8. The number of hydrogen-bond donors (Lipinski definition) is 0. The van der Waals surface area contributed by atoms with Gasteiger partial charge < -0.3 is 18.9 Å². The van der Waals surface area contributed by atoms with Gasteiger partial charge in [0.2, 0.25) is 0 Å². The first-order valence-electron chi connectivity index (χ1n) is 10.8. The second-order valence-corrected chi connectivity index (χ2v) is 7.34. The quantitative estimate of drug-likeness (QED) is 0.447. The van der Waals surface area contributed by atoms with Crippen molar-refractivity contribution in [1.29, 1.82) is 0 Å². The SMILES string of the molecule is CCOc1ccc(N2C(=O)C(=Cc3ccc(OC)cc3OC)N=C2c2ccccc2OC)cc1. The summed E-state index contributed by atoms with van der Waals surface area (Å²) in [6, 6.07) is 20.2. The molecule has 3 aromatic carbocycles. The lowest BCUT2D eigenvalue weighted by Gasteiger charge is -2.20. The Hall–Kier alpha value is -4.26. The molecule has 7 nitrogen and oxygen atoms in total. The van der Waals surface area contributed by atoms with E-state index in [2.05, 4.69) is 0 Å². The summed E-state index contributed by atoms with van der Waals surface area (Å²) in [6.07, 6.45) is 1.71. The molecule has 0 atom stereocenters. The molecule has 1 aliphatic rings. The van der Waals surface area contributed by atoms with E-state index in [9.17, 15) is 4.79 Å². The minimum absolute atomic E-state index is 0.261. The van der Waals surface area contributed by atoms with Crippen LogP contribution >= 0.6 is 0 Å². The van der Waals surface area contributed by atoms with Gasteiger partial charge in [-0.15, -0.1) is 0 Å². The van der Waals surface area contributed by atoms with Gasteiger partial charge in [-0.1, -0.05) is 12.1 Å². The Labute approximate surface area is 198 Å². The van der Waals surface area contributed by atoms with Crippen LogP contribution in [0.25, 0.3) is 6.08 Å². The summed E-state index contributed by atoms with van der Waals surface area (Å²) < 4.78 is 21.9. The third kappa shape index (κ3) is 4.45. The minimum atomic E-state index is -0.261. The molecular weight excluding hydrogens is 432 g/mol. The van der Waals surface area contributed by atoms with Crippen LogP contribution in [0.4, 0.5) is 5.69 Å². The molecule has 0 unspecified atom stereocenters. The normalized spacial score (nSPS) is 14.2. The van der Waals surface area contributed by atoms with E-state index in [-0.39, 0.29) is 11.6 Å². The predicted molar refractivity (Wildman–Crippen MR) is 132 cm³/mol. The molecule has 0 aliphatic carbocycles. The highest BCUT2D eigenvalue weighted by molar-refractivity contribution is 6.33. The van der Waals surface area contributed by atoms with E-state index in [0.717, 1.165) is 5.75 Å². The number of para-hydroxylation sites is 1. The average Bonchev–Trinajstić information content (AvgIpc) is 3.20. The van der Waals surface area contributed by atoms with E-state index in [1.54, 1.807) is 38.4 Å². The maximum Gasteiger partial charge on any atom is 0.282 e. The molecular formula is C27H26N2O5. The number of rotatable bonds is 8. The highest BCUT2D eigenvalue weighted by atomic mass is 16.5. The number of amides is 1. The summed E-state index contributed by atoms with van der Waals surface area (Å²) in [6.45, 7) is 2.49. The van der Waals surface area contributed by atoms with E-state index in [1.807, 2.05) is 67.6 Å². The fourth-order valence-electron chi connectivity index (χ4n) is 3.71. The maximum absolute atomic E-state index is 13.6. The van der Waals surface area contributed by atoms with Crippen molar-refractivity contribution in [2.75, 3.05) is 32.8 Å². The van der Waals surface area contributed by atoms with Crippen LogP contribution in [0.15, 0.2) is 77.4 Å². The lowest BCUT2D eigenvalue weighted by atomic mass is 10.1. The summed E-state index contributed by atoms with van der Waals surface area (Å²) in [5.74, 6) is 2.80. The zero-order chi connectivity index (χ0) is 24.1. The van der Waals surface area contributed by atoms with E-state index >= 15 is 0 Å². The number of aliphatic imine (C=N–C) groups is 1. The molecule has 0 spiro atoms. The first kappa shape index (κ1) is 22.9. The van der Waals surface area contributed by atoms with Gasteiger partial charge in [0.15, 0.2) is 5.84 Å². The number of carbonyl (C=O) groups is 1. The van der Waals surface area contributed by atoms with Crippen molar-refractivity contribution in [2.45, 2.75) is 6.92 Å². The highest BCUT2D eigenvalue weighted by Gasteiger charge is 2.34. The van der Waals surface area contributed by atoms with Crippen LogP contribution in [0, 0.1) is 0 Å². The Morgan fingerprint density at radius 1 is 0.853 bits per heavy atom. The number of nitrogens with zero attached hydrogens (tertiary/aromatic N) is 2. The average molecular weight is 459 g/mol. The van der Waals surface area contributed by atoms with Crippen LogP contribution < -0.4 is 23.8 Å². The molecule has 1 aliphatic heterocycles. The van der Waals surface area contributed by atoms with Gasteiger partial charge in [0, 0.05) is 11.6 Å². The summed E-state index contributed by atoms with van der Waals surface area (Å²) in [5.41, 5.74) is 2.36. The lowest BCUT2D eigenvalue weighted by molar-refractivity contribution is -0.113. The number of carbonyl (C=O) groups excluding carboxylic acids is 1. The fraction of sp³-hybridized carbons (Fsp3) is 0.185. The monoisotopic (exact) mass is 458 g/mol. The number of benzene rings is 3. The van der Waals surface area contributed by atoms with E-state index in [4.69, 9.17) is 23.9 Å². The van der Waals surface area contributed by atoms with Crippen molar-refractivity contribution in [3.63, 3.8) is 0 Å². The number of hydrogen-bond acceptors (Lipinski definition) is 6. The van der Waals surface area contributed by atoms with E-state index in [0.29, 0.717) is 46.5 Å². The zero-order valence-corrected chi connectivity index (χ0v) is 19.6. The lowest BCUT2D eigenvalue weighted by Crippen LogP contribution is -2.32. The van der Waals surface area contributed by atoms with Crippen LogP contribution in [0.2, 0.25) is 0 Å². The minimum Gasteiger partial charge on any atom is -0.497 e. The van der Waals surface area contributed by atoms with E-state index < -0.39 is 0 Å². The van der Waals surface area contributed by atoms with Crippen molar-refractivity contribution in [3.05, 3.63) is 83.6 Å². The summed E-state index contributed by atoms with van der Waals surface area (Å²) in [5, 5.41) is 0. The van der Waals surface area contributed by atoms with Gasteiger partial charge in [-0.25, -0.2) is 4.99 Å². The molecule has 7 heteroatoms. The van der Waals surface area contributed by atoms with Crippen molar-refractivity contribution in [1.82, 2.24) is 0 Å². The van der Waals surface area contributed by atoms with Gasteiger partial charge in [-0.05, 0) is 61.5 Å². The molecule has 1 heterocycles. The van der Waals surface area contributed by atoms with Crippen molar-refractivity contribution >= 4 is 23.5 Å². The first-order chi connectivity index (χ1) is 16.6. The smallest absolute Gasteiger partial charge is 0.282 e. The van der Waals surface area contributed by atoms with E-state index in [1.165, 1.54) is 0 Å². The Balaban J connectivity index is 1.83. The number of amidine groups is 1. The highest BCUT2D eigenvalue weighted by Crippen LogP contribution is 2.33. The molecule has 0 radical (unpaired) electrons. The van der Waals surface area contributed by atoms with Crippen LogP contribution in [-0.4, -0.2) is 39.7 Å². The largest absolute Gasteiger partial charge is 0.497 e. The molecule has 0 bridgehead atoms. The van der Waals surface area contributed by atoms with Crippen molar-refractivity contribution in [2.24, 2.45) is 4.99 Å². The third-order valence-electron chi connectivity index (χ3n) is 5.35. The predicted octanol–water partition coefficient (Wildman–Crippen LogP) is 4.95. The molecule has 3 aromatic rings. The molecule has 0 saturated carbocycles. The van der Waals surface area contributed by atoms with Gasteiger partial charge >= 0.3 is 0 Å². The second kappa shape index (κ2) is 10.1. The molecule has 0 N–H and O–H groups in total. The Morgan fingerprint density at radius 3 is 2.24 bits per heavy atom. The zero-order valence-electron chi connectivity index (χ0n) is 19.6. The molecule has 34 heavy (non-hydrogen) atoms. The summed E-state index contributed by atoms with van der Waals surface area (Å²) in [4.78, 5) is 19.9. The maximum atomic E-state index is 13.6. The molecule has 1 amide bonds. The van der Waals surface area contributed by atoms with Crippen molar-refractivity contribution in [3.8, 4) is 23.0 Å². The Bertz CT molecular complexity index is 1250. The molecule has 174 valence electrons. The Kier molecular flexibility index (Phi) is 6.82. The van der Waals surface area contributed by atoms with Crippen LogP contribution in [-0.2, 0) is 4.79 Å². The Morgan fingerprint density at radius 2 is 1.56 bits per heavy atom. The van der Waals surface area contributed by atoms with Gasteiger partial charge in [0.1, 0.15) is 28.7 Å². The topological polar surface area (TPSA) is 69.6 Å². The standard InChI is InChI=1S/C27H26N2O5/c1-5-34-20-14-11-19(12-15-20)29-26(22-8-6-7-9-24(22)32-3)28-23(27(29)30)16-18-10-13-21(31-2)17-25(18)33-4/h6-17H,5H2,1-4H3. The second-order valence-electron chi connectivity index (χ2n) is 7.34. The van der Waals surface area contributed by atoms with Gasteiger partial charge in [-0.2, -0.15) is 0 Å². The van der Waals surface area contributed by atoms with Crippen LogP contribution in [0.5, 0.6) is 23.0 Å². The van der Waals surface area contributed by atoms with Gasteiger partial charge in [-0.3, -0.25) is 9.69 Å². The van der Waals surface area contributed by atoms with Crippen LogP contribution in [0.1, 0.15) is 18.1 Å². The third-order valence-corrected chi connectivity index (χ3v) is 5.35. The van der Waals surface area contributed by atoms with Crippen LogP contribution in [0.3, 0.4) is 0 Å². The summed E-state index contributed by atoms with van der Waals surface area (Å²) >= 11 is 0. The van der Waals surface area contributed by atoms with Gasteiger partial charge in [0.05, 0.1) is 39.2 Å². The molecule has 4 rings (SSSR count).